The Hall–Kier alpha value is -1.58. The summed E-state index contributed by atoms with van der Waals surface area (Å²) in [5.41, 5.74) is 3.99. The van der Waals surface area contributed by atoms with E-state index < -0.39 is 0 Å². The second-order valence-corrected chi connectivity index (χ2v) is 9.73. The highest BCUT2D eigenvalue weighted by molar-refractivity contribution is 5.99. The van der Waals surface area contributed by atoms with Crippen molar-refractivity contribution in [1.82, 2.24) is 0 Å². The highest BCUT2D eigenvalue weighted by atomic mass is 16.5. The molecular formula is C23H33NO3. The van der Waals surface area contributed by atoms with Crippen molar-refractivity contribution in [2.75, 3.05) is 0 Å². The van der Waals surface area contributed by atoms with Gasteiger partial charge in [-0.05, 0) is 79.6 Å². The number of ether oxygens (including phenoxy) is 1. The topological polar surface area (TPSA) is 58.9 Å². The molecule has 2 saturated carbocycles. The molecule has 6 atom stereocenters. The molecule has 4 aliphatic carbocycles. The van der Waals surface area contributed by atoms with Gasteiger partial charge in [0.05, 0.1) is 5.71 Å². The summed E-state index contributed by atoms with van der Waals surface area (Å²) in [5, 5.41) is 12.8. The first-order valence-electron chi connectivity index (χ1n) is 10.6. The van der Waals surface area contributed by atoms with Crippen LogP contribution in [0.25, 0.3) is 0 Å². The fraction of sp³-hybridized carbons (Fsp3) is 0.739. The summed E-state index contributed by atoms with van der Waals surface area (Å²) in [4.78, 5) is 11.4. The van der Waals surface area contributed by atoms with Gasteiger partial charge in [-0.15, -0.1) is 0 Å². The first-order valence-corrected chi connectivity index (χ1v) is 10.6. The molecule has 1 N–H and O–H groups in total. The van der Waals surface area contributed by atoms with Crippen LogP contribution < -0.4 is 0 Å². The molecule has 0 saturated heterocycles. The van der Waals surface area contributed by atoms with Crippen molar-refractivity contribution in [3.8, 4) is 0 Å². The molecule has 0 amide bonds. The molecule has 0 unspecified atom stereocenters. The predicted molar refractivity (Wildman–Crippen MR) is 106 cm³/mol. The van der Waals surface area contributed by atoms with Crippen LogP contribution in [0.1, 0.15) is 72.6 Å². The summed E-state index contributed by atoms with van der Waals surface area (Å²) in [6.07, 6.45) is 12.6. The molecule has 0 aliphatic heterocycles. The van der Waals surface area contributed by atoms with Crippen LogP contribution in [-0.2, 0) is 9.53 Å². The van der Waals surface area contributed by atoms with E-state index in [9.17, 15) is 10.0 Å². The summed E-state index contributed by atoms with van der Waals surface area (Å²) >= 11 is 0. The summed E-state index contributed by atoms with van der Waals surface area (Å²) in [6, 6.07) is 0. The zero-order valence-corrected chi connectivity index (χ0v) is 17.1. The van der Waals surface area contributed by atoms with E-state index in [1.807, 2.05) is 6.92 Å². The number of carbonyl (C=O) groups is 1. The van der Waals surface area contributed by atoms with Gasteiger partial charge in [-0.2, -0.15) is 0 Å². The van der Waals surface area contributed by atoms with Gasteiger partial charge in [-0.1, -0.05) is 36.7 Å². The molecule has 0 spiro atoms. The fourth-order valence-corrected chi connectivity index (χ4v) is 7.14. The van der Waals surface area contributed by atoms with Gasteiger partial charge in [0.2, 0.25) is 0 Å². The Morgan fingerprint density at radius 3 is 2.56 bits per heavy atom. The minimum absolute atomic E-state index is 0.0652. The van der Waals surface area contributed by atoms with Crippen LogP contribution in [0.4, 0.5) is 0 Å². The van der Waals surface area contributed by atoms with Gasteiger partial charge >= 0.3 is 5.97 Å². The van der Waals surface area contributed by atoms with Gasteiger partial charge in [-0.25, -0.2) is 0 Å². The molecule has 0 radical (unpaired) electrons. The van der Waals surface area contributed by atoms with Crippen LogP contribution in [0.2, 0.25) is 0 Å². The molecule has 0 heterocycles. The maximum atomic E-state index is 11.4. The minimum Gasteiger partial charge on any atom is -0.462 e. The van der Waals surface area contributed by atoms with E-state index >= 15 is 0 Å². The molecule has 27 heavy (non-hydrogen) atoms. The van der Waals surface area contributed by atoms with Crippen LogP contribution in [0.5, 0.6) is 0 Å². The van der Waals surface area contributed by atoms with Crippen molar-refractivity contribution in [3.63, 3.8) is 0 Å². The molecule has 0 aromatic heterocycles. The van der Waals surface area contributed by atoms with E-state index in [0.29, 0.717) is 17.8 Å². The summed E-state index contributed by atoms with van der Waals surface area (Å²) in [6.45, 7) is 8.30. The Balaban J connectivity index is 1.59. The van der Waals surface area contributed by atoms with Crippen LogP contribution in [0.15, 0.2) is 28.5 Å². The lowest BCUT2D eigenvalue weighted by Crippen LogP contribution is -2.50. The van der Waals surface area contributed by atoms with E-state index in [4.69, 9.17) is 4.74 Å². The fourth-order valence-electron chi connectivity index (χ4n) is 7.14. The lowest BCUT2D eigenvalue weighted by molar-refractivity contribution is -0.148. The van der Waals surface area contributed by atoms with E-state index in [1.165, 1.54) is 30.9 Å². The maximum Gasteiger partial charge on any atom is 0.302 e. The number of nitrogens with zero attached hydrogens (tertiary/aromatic N) is 1. The van der Waals surface area contributed by atoms with Crippen LogP contribution in [0, 0.1) is 28.6 Å². The van der Waals surface area contributed by atoms with E-state index in [-0.39, 0.29) is 22.9 Å². The van der Waals surface area contributed by atoms with Crippen LogP contribution in [-0.4, -0.2) is 23.0 Å². The number of rotatable bonds is 2. The Morgan fingerprint density at radius 2 is 1.85 bits per heavy atom. The number of allylic oxidation sites excluding steroid dienone is 3. The number of esters is 1. The number of hydrogen-bond acceptors (Lipinski definition) is 4. The number of carbonyl (C=O) groups excluding carboxylic acids is 1. The molecule has 4 heteroatoms. The summed E-state index contributed by atoms with van der Waals surface area (Å²) in [7, 11) is 0. The van der Waals surface area contributed by atoms with Crippen molar-refractivity contribution in [2.45, 2.75) is 78.7 Å². The summed E-state index contributed by atoms with van der Waals surface area (Å²) in [5.74, 6) is 1.90. The number of hydrogen-bond donors (Lipinski definition) is 1. The molecule has 4 nitrogen and oxygen atoms in total. The molecule has 0 aromatic rings. The third-order valence-electron chi connectivity index (χ3n) is 8.51. The predicted octanol–water partition coefficient (Wildman–Crippen LogP) is 5.27. The SMILES string of the molecule is CC(=O)O[C@H]1CC[C@@]2(C)C(=CC[C@H]3[C@H]2CC[C@]2(C)C(/C(C)=N\O)=CC[C@@H]32)C1. The van der Waals surface area contributed by atoms with Gasteiger partial charge in [0.25, 0.3) is 0 Å². The molecule has 2 fully saturated rings. The Bertz CT molecular complexity index is 736. The third kappa shape index (κ3) is 2.78. The van der Waals surface area contributed by atoms with Crippen LogP contribution >= 0.6 is 0 Å². The molecule has 148 valence electrons. The van der Waals surface area contributed by atoms with E-state index in [0.717, 1.165) is 37.8 Å². The van der Waals surface area contributed by atoms with Crippen molar-refractivity contribution in [1.29, 1.82) is 0 Å². The first kappa shape index (κ1) is 18.8. The van der Waals surface area contributed by atoms with Crippen molar-refractivity contribution in [3.05, 3.63) is 23.3 Å². The standard InChI is InChI=1S/C23H33NO3/c1-14(24-26)19-7-8-20-18-6-5-16-13-17(27-15(2)25)9-11-22(16,3)21(18)10-12-23(19,20)4/h5,7,17-18,20-21,26H,6,8-13H2,1-4H3/b24-14-/t17-,18+,20-,21+,22-,23+/m0/s1. The minimum atomic E-state index is -0.156. The zero-order chi connectivity index (χ0) is 19.4. The largest absolute Gasteiger partial charge is 0.462 e. The molecular weight excluding hydrogens is 338 g/mol. The smallest absolute Gasteiger partial charge is 0.302 e. The maximum absolute atomic E-state index is 11.4. The zero-order valence-electron chi connectivity index (χ0n) is 17.1. The monoisotopic (exact) mass is 371 g/mol. The average molecular weight is 372 g/mol. The quantitative estimate of drug-likeness (QED) is 0.237. The van der Waals surface area contributed by atoms with E-state index in [2.05, 4.69) is 31.2 Å². The lowest BCUT2D eigenvalue weighted by Gasteiger charge is -2.57. The highest BCUT2D eigenvalue weighted by Crippen LogP contribution is 2.65. The number of oxime groups is 1. The average Bonchev–Trinajstić information content (AvgIpc) is 2.98. The summed E-state index contributed by atoms with van der Waals surface area (Å²) < 4.78 is 5.53. The third-order valence-corrected chi connectivity index (χ3v) is 8.51. The Kier molecular flexibility index (Phi) is 4.51. The van der Waals surface area contributed by atoms with Gasteiger partial charge in [0.15, 0.2) is 0 Å². The van der Waals surface area contributed by atoms with Crippen molar-refractivity contribution < 1.29 is 14.7 Å². The molecule has 0 aromatic carbocycles. The second kappa shape index (κ2) is 6.49. The van der Waals surface area contributed by atoms with Gasteiger partial charge in [0, 0.05) is 13.3 Å². The highest BCUT2D eigenvalue weighted by Gasteiger charge is 2.57. The van der Waals surface area contributed by atoms with Gasteiger partial charge in [-0.3, -0.25) is 4.79 Å². The normalized spacial score (nSPS) is 43.8. The number of fused-ring (bicyclic) bond motifs is 5. The van der Waals surface area contributed by atoms with E-state index in [1.54, 1.807) is 0 Å². The van der Waals surface area contributed by atoms with Crippen molar-refractivity contribution >= 4 is 11.7 Å². The Labute approximate surface area is 162 Å². The van der Waals surface area contributed by atoms with Crippen LogP contribution in [0.3, 0.4) is 0 Å². The molecule has 0 bridgehead atoms. The first-order chi connectivity index (χ1) is 12.8. The van der Waals surface area contributed by atoms with Gasteiger partial charge in [0.1, 0.15) is 6.10 Å². The lowest BCUT2D eigenvalue weighted by atomic mass is 9.47. The Morgan fingerprint density at radius 1 is 1.11 bits per heavy atom. The van der Waals surface area contributed by atoms with Crippen molar-refractivity contribution in [2.24, 2.45) is 33.7 Å². The molecule has 4 rings (SSSR count). The second-order valence-electron chi connectivity index (χ2n) is 9.73. The van der Waals surface area contributed by atoms with Gasteiger partial charge < -0.3 is 9.94 Å². The molecule has 4 aliphatic rings.